The van der Waals surface area contributed by atoms with Gasteiger partial charge in [-0.1, -0.05) is 0 Å². The number of rotatable bonds is 5. The third-order valence-electron chi connectivity index (χ3n) is 5.51. The molecule has 1 unspecified atom stereocenters. The number of pyridine rings is 1. The highest BCUT2D eigenvalue weighted by molar-refractivity contribution is 5.95. The molecule has 2 fully saturated rings. The molecular weight excluding hydrogens is 360 g/mol. The Bertz CT molecular complexity index is 739. The van der Waals surface area contributed by atoms with Gasteiger partial charge < -0.3 is 19.4 Å². The molecule has 2 aliphatic rings. The minimum atomic E-state index is -0.0524. The van der Waals surface area contributed by atoms with Crippen LogP contribution in [0.2, 0.25) is 0 Å². The molecule has 152 valence electrons. The lowest BCUT2D eigenvalue weighted by Gasteiger charge is -2.43. The molecule has 3 rings (SSSR count). The molecule has 1 atom stereocenters. The number of carbonyl (C=O) groups is 3. The van der Waals surface area contributed by atoms with Crippen LogP contribution in [0.5, 0.6) is 0 Å². The number of likely N-dealkylation sites (tertiary alicyclic amines) is 1. The first-order valence-electron chi connectivity index (χ1n) is 9.77. The van der Waals surface area contributed by atoms with Crippen LogP contribution in [0.3, 0.4) is 0 Å². The summed E-state index contributed by atoms with van der Waals surface area (Å²) in [4.78, 5) is 47.0. The molecule has 8 heteroatoms. The maximum atomic E-state index is 12.9. The summed E-state index contributed by atoms with van der Waals surface area (Å²) in [5.41, 5.74) is 1.52. The minimum absolute atomic E-state index is 0.00331. The SMILES string of the molecule is COCCC(=O)N1CCN(C2CCCN(C(=O)c3ccncc3C)C2)C(=O)C1. The van der Waals surface area contributed by atoms with Crippen molar-refractivity contribution < 1.29 is 19.1 Å². The summed E-state index contributed by atoms with van der Waals surface area (Å²) in [6, 6.07) is 1.75. The fourth-order valence-corrected chi connectivity index (χ4v) is 3.91. The average Bonchev–Trinajstić information content (AvgIpc) is 2.72. The first-order valence-corrected chi connectivity index (χ1v) is 9.77. The molecule has 0 N–H and O–H groups in total. The standard InChI is InChI=1S/C20H28N4O4/c1-15-12-21-7-5-17(15)20(27)23-8-3-4-16(13-23)24-10-9-22(14-19(24)26)18(25)6-11-28-2/h5,7,12,16H,3-4,6,8-11,13-14H2,1-2H3. The number of carbonyl (C=O) groups excluding carboxylic acids is 3. The number of hydrogen-bond acceptors (Lipinski definition) is 5. The first-order chi connectivity index (χ1) is 13.5. The summed E-state index contributed by atoms with van der Waals surface area (Å²) in [6.45, 7) is 4.62. The second-order valence-electron chi connectivity index (χ2n) is 7.38. The minimum Gasteiger partial charge on any atom is -0.384 e. The van der Waals surface area contributed by atoms with Crippen molar-refractivity contribution in [1.82, 2.24) is 19.7 Å². The summed E-state index contributed by atoms with van der Waals surface area (Å²) in [5, 5.41) is 0. The van der Waals surface area contributed by atoms with Gasteiger partial charge in [0.05, 0.1) is 19.6 Å². The maximum absolute atomic E-state index is 12.9. The highest BCUT2D eigenvalue weighted by Crippen LogP contribution is 2.21. The topological polar surface area (TPSA) is 83.1 Å². The van der Waals surface area contributed by atoms with Gasteiger partial charge in [0, 0.05) is 57.3 Å². The van der Waals surface area contributed by atoms with E-state index in [4.69, 9.17) is 4.74 Å². The van der Waals surface area contributed by atoms with Gasteiger partial charge in [-0.25, -0.2) is 0 Å². The van der Waals surface area contributed by atoms with Gasteiger partial charge in [0.25, 0.3) is 5.91 Å². The Morgan fingerprint density at radius 1 is 1.25 bits per heavy atom. The molecule has 0 bridgehead atoms. The Hall–Kier alpha value is -2.48. The van der Waals surface area contributed by atoms with Gasteiger partial charge in [-0.3, -0.25) is 19.4 Å². The predicted octanol–water partition coefficient (Wildman–Crippen LogP) is 0.702. The molecule has 0 aromatic carbocycles. The number of amides is 3. The average molecular weight is 388 g/mol. The van der Waals surface area contributed by atoms with Crippen LogP contribution in [0.4, 0.5) is 0 Å². The first kappa shape index (κ1) is 20.3. The lowest BCUT2D eigenvalue weighted by molar-refractivity contribution is -0.148. The molecule has 0 saturated carbocycles. The second-order valence-corrected chi connectivity index (χ2v) is 7.38. The molecule has 3 amide bonds. The number of nitrogens with zero attached hydrogens (tertiary/aromatic N) is 4. The number of piperazine rings is 1. The van der Waals surface area contributed by atoms with Gasteiger partial charge in [0.1, 0.15) is 0 Å². The lowest BCUT2D eigenvalue weighted by Crippen LogP contribution is -2.59. The smallest absolute Gasteiger partial charge is 0.254 e. The van der Waals surface area contributed by atoms with Gasteiger partial charge in [-0.05, 0) is 31.4 Å². The van der Waals surface area contributed by atoms with Crippen molar-refractivity contribution in [3.05, 3.63) is 29.6 Å². The second kappa shape index (κ2) is 9.14. The van der Waals surface area contributed by atoms with E-state index in [1.807, 2.05) is 16.7 Å². The summed E-state index contributed by atoms with van der Waals surface area (Å²) in [5.74, 6) is -0.106. The zero-order chi connectivity index (χ0) is 20.1. The van der Waals surface area contributed by atoms with Crippen LogP contribution in [0.25, 0.3) is 0 Å². The van der Waals surface area contributed by atoms with E-state index < -0.39 is 0 Å². The number of methoxy groups -OCH3 is 1. The molecule has 28 heavy (non-hydrogen) atoms. The van der Waals surface area contributed by atoms with Crippen LogP contribution in [0, 0.1) is 6.92 Å². The number of ether oxygens (including phenoxy) is 1. The Labute approximate surface area is 165 Å². The van der Waals surface area contributed by atoms with E-state index in [0.717, 1.165) is 18.4 Å². The van der Waals surface area contributed by atoms with Crippen molar-refractivity contribution >= 4 is 17.7 Å². The van der Waals surface area contributed by atoms with Crippen molar-refractivity contribution in [2.45, 2.75) is 32.2 Å². The van der Waals surface area contributed by atoms with Gasteiger partial charge in [-0.15, -0.1) is 0 Å². The quantitative estimate of drug-likeness (QED) is 0.742. The Morgan fingerprint density at radius 3 is 2.79 bits per heavy atom. The zero-order valence-corrected chi connectivity index (χ0v) is 16.6. The Morgan fingerprint density at radius 2 is 2.07 bits per heavy atom. The van der Waals surface area contributed by atoms with Crippen LogP contribution in [-0.2, 0) is 14.3 Å². The van der Waals surface area contributed by atoms with Gasteiger partial charge in [0.15, 0.2) is 0 Å². The number of hydrogen-bond donors (Lipinski definition) is 0. The fourth-order valence-electron chi connectivity index (χ4n) is 3.91. The monoisotopic (exact) mass is 388 g/mol. The van der Waals surface area contributed by atoms with E-state index >= 15 is 0 Å². The third-order valence-corrected chi connectivity index (χ3v) is 5.51. The van der Waals surface area contributed by atoms with Crippen LogP contribution in [0.1, 0.15) is 35.2 Å². The highest BCUT2D eigenvalue weighted by Gasteiger charge is 2.35. The highest BCUT2D eigenvalue weighted by atomic mass is 16.5. The fraction of sp³-hybridized carbons (Fsp3) is 0.600. The maximum Gasteiger partial charge on any atom is 0.254 e. The largest absolute Gasteiger partial charge is 0.384 e. The van der Waals surface area contributed by atoms with E-state index in [9.17, 15) is 14.4 Å². The van der Waals surface area contributed by atoms with Crippen molar-refractivity contribution in [3.63, 3.8) is 0 Å². The molecule has 2 saturated heterocycles. The third kappa shape index (κ3) is 4.49. The van der Waals surface area contributed by atoms with Crippen LogP contribution in [-0.4, -0.2) is 89.9 Å². The predicted molar refractivity (Wildman–Crippen MR) is 103 cm³/mol. The van der Waals surface area contributed by atoms with Crippen molar-refractivity contribution in [1.29, 1.82) is 0 Å². The van der Waals surface area contributed by atoms with Crippen molar-refractivity contribution in [2.75, 3.05) is 46.4 Å². The molecule has 2 aliphatic heterocycles. The molecule has 1 aromatic heterocycles. The lowest BCUT2D eigenvalue weighted by atomic mass is 10.0. The molecule has 0 spiro atoms. The van der Waals surface area contributed by atoms with Crippen LogP contribution >= 0.6 is 0 Å². The molecular formula is C20H28N4O4. The van der Waals surface area contributed by atoms with Crippen molar-refractivity contribution in [3.8, 4) is 0 Å². The van der Waals surface area contributed by atoms with E-state index in [1.165, 1.54) is 0 Å². The summed E-state index contributed by atoms with van der Waals surface area (Å²) in [6.07, 6.45) is 5.35. The van der Waals surface area contributed by atoms with Crippen LogP contribution < -0.4 is 0 Å². The summed E-state index contributed by atoms with van der Waals surface area (Å²) < 4.78 is 4.94. The number of aryl methyl sites for hydroxylation is 1. The number of aromatic nitrogens is 1. The van der Waals surface area contributed by atoms with Gasteiger partial charge in [0.2, 0.25) is 11.8 Å². The molecule has 8 nitrogen and oxygen atoms in total. The summed E-state index contributed by atoms with van der Waals surface area (Å²) >= 11 is 0. The Balaban J connectivity index is 1.60. The number of piperidine rings is 1. The van der Waals surface area contributed by atoms with E-state index in [2.05, 4.69) is 4.98 Å². The van der Waals surface area contributed by atoms with Gasteiger partial charge >= 0.3 is 0 Å². The Kier molecular flexibility index (Phi) is 6.61. The van der Waals surface area contributed by atoms with Crippen molar-refractivity contribution in [2.24, 2.45) is 0 Å². The van der Waals surface area contributed by atoms with Crippen LogP contribution in [0.15, 0.2) is 18.5 Å². The van der Waals surface area contributed by atoms with E-state index in [1.54, 1.807) is 30.5 Å². The normalized spacial score (nSPS) is 20.4. The molecule has 3 heterocycles. The van der Waals surface area contributed by atoms with E-state index in [0.29, 0.717) is 44.8 Å². The van der Waals surface area contributed by atoms with Gasteiger partial charge in [-0.2, -0.15) is 0 Å². The zero-order valence-electron chi connectivity index (χ0n) is 16.6. The molecule has 0 aliphatic carbocycles. The van der Waals surface area contributed by atoms with E-state index in [-0.39, 0.29) is 30.3 Å². The molecule has 0 radical (unpaired) electrons. The summed E-state index contributed by atoms with van der Waals surface area (Å²) in [7, 11) is 1.56. The molecule has 1 aromatic rings.